The summed E-state index contributed by atoms with van der Waals surface area (Å²) < 4.78 is 26.8. The van der Waals surface area contributed by atoms with E-state index < -0.39 is 17.2 Å². The summed E-state index contributed by atoms with van der Waals surface area (Å²) in [6, 6.07) is 3.24. The van der Waals surface area contributed by atoms with Crippen molar-refractivity contribution in [1.82, 2.24) is 5.32 Å². The molecule has 0 bridgehead atoms. The number of nitrogens with one attached hydrogen (secondary N) is 1. The Hall–Kier alpha value is -1.69. The van der Waals surface area contributed by atoms with Gasteiger partial charge < -0.3 is 16.2 Å². The molecule has 6 heteroatoms. The average molecular weight is 341 g/mol. The summed E-state index contributed by atoms with van der Waals surface area (Å²) in [5.74, 6) is -0.616. The fourth-order valence-corrected chi connectivity index (χ4v) is 2.45. The molecule has 2 unspecified atom stereocenters. The van der Waals surface area contributed by atoms with Crippen molar-refractivity contribution in [3.63, 3.8) is 0 Å². The zero-order chi connectivity index (χ0) is 18.3. The minimum atomic E-state index is -1.56. The first-order valence-electron chi connectivity index (χ1n) is 8.36. The summed E-state index contributed by atoms with van der Waals surface area (Å²) in [5.41, 5.74) is 4.25. The zero-order valence-electron chi connectivity index (χ0n) is 14.9. The number of rotatable bonds is 8. The number of hydrogen-bond acceptors (Lipinski definition) is 2. The molecule has 0 saturated carbocycles. The topological polar surface area (TPSA) is 70.6 Å². The predicted molar refractivity (Wildman–Crippen MR) is 93.7 cm³/mol. The molecule has 0 spiro atoms. The van der Waals surface area contributed by atoms with Gasteiger partial charge in [-0.25, -0.2) is 8.78 Å². The molecule has 0 saturated heterocycles. The maximum absolute atomic E-state index is 13.8. The molecular formula is C18H29F2N3O. The lowest BCUT2D eigenvalue weighted by molar-refractivity contribution is 0.0633. The van der Waals surface area contributed by atoms with Crippen LogP contribution in [0.3, 0.4) is 0 Å². The van der Waals surface area contributed by atoms with Gasteiger partial charge in [-0.05, 0) is 32.3 Å². The van der Waals surface area contributed by atoms with Crippen LogP contribution in [-0.4, -0.2) is 23.7 Å². The van der Waals surface area contributed by atoms with Gasteiger partial charge in [-0.2, -0.15) is 0 Å². The van der Waals surface area contributed by atoms with Gasteiger partial charge in [0.1, 0.15) is 17.2 Å². The lowest BCUT2D eigenvalue weighted by Crippen LogP contribution is -2.39. The Labute approximate surface area is 143 Å². The van der Waals surface area contributed by atoms with Crippen molar-refractivity contribution < 1.29 is 13.9 Å². The van der Waals surface area contributed by atoms with Crippen LogP contribution in [0.5, 0.6) is 0 Å². The summed E-state index contributed by atoms with van der Waals surface area (Å²) >= 11 is 0. The number of nitrogens with two attached hydrogens (primary N) is 1. The van der Waals surface area contributed by atoms with E-state index in [0.29, 0.717) is 5.92 Å². The number of nitrogens with zero attached hydrogens (tertiary/aromatic N) is 1. The van der Waals surface area contributed by atoms with Crippen LogP contribution in [0.25, 0.3) is 0 Å². The zero-order valence-corrected chi connectivity index (χ0v) is 14.9. The van der Waals surface area contributed by atoms with Gasteiger partial charge in [0.2, 0.25) is 0 Å². The summed E-state index contributed by atoms with van der Waals surface area (Å²) in [6.45, 7) is 7.69. The van der Waals surface area contributed by atoms with Crippen LogP contribution >= 0.6 is 0 Å². The van der Waals surface area contributed by atoms with Gasteiger partial charge in [0, 0.05) is 17.7 Å². The van der Waals surface area contributed by atoms with Gasteiger partial charge in [0.05, 0.1) is 6.54 Å². The molecule has 4 nitrogen and oxygen atoms in total. The lowest BCUT2D eigenvalue weighted by Gasteiger charge is -2.23. The number of halogens is 2. The first-order chi connectivity index (χ1) is 11.1. The van der Waals surface area contributed by atoms with Crippen LogP contribution in [0, 0.1) is 17.6 Å². The molecule has 2 atom stereocenters. The van der Waals surface area contributed by atoms with E-state index >= 15 is 0 Å². The van der Waals surface area contributed by atoms with E-state index in [1.165, 1.54) is 13.0 Å². The number of aliphatic hydroxyl groups is 1. The molecule has 24 heavy (non-hydrogen) atoms. The van der Waals surface area contributed by atoms with Crippen molar-refractivity contribution in [2.75, 3.05) is 6.54 Å². The van der Waals surface area contributed by atoms with Crippen LogP contribution in [-0.2, 0) is 5.60 Å². The van der Waals surface area contributed by atoms with Crippen molar-refractivity contribution in [3.05, 3.63) is 35.4 Å². The second-order valence-corrected chi connectivity index (χ2v) is 6.97. The van der Waals surface area contributed by atoms with Gasteiger partial charge in [-0.3, -0.25) is 4.99 Å². The summed E-state index contributed by atoms with van der Waals surface area (Å²) in [6.07, 6.45) is 3.22. The highest BCUT2D eigenvalue weighted by Gasteiger charge is 2.26. The van der Waals surface area contributed by atoms with E-state index in [-0.39, 0.29) is 24.1 Å². The Kier molecular flexibility index (Phi) is 7.60. The third-order valence-corrected chi connectivity index (χ3v) is 3.88. The molecule has 1 aromatic carbocycles. The largest absolute Gasteiger partial charge is 0.383 e. The Morgan fingerprint density at radius 1 is 1.29 bits per heavy atom. The highest BCUT2D eigenvalue weighted by Crippen LogP contribution is 2.24. The van der Waals surface area contributed by atoms with Gasteiger partial charge in [0.25, 0.3) is 0 Å². The van der Waals surface area contributed by atoms with Crippen molar-refractivity contribution in [2.24, 2.45) is 16.6 Å². The monoisotopic (exact) mass is 341 g/mol. The number of benzene rings is 1. The SMILES string of the molecule is CC(C)CCCC(C)NC(N)=NCC(C)(O)c1ccc(F)cc1F. The van der Waals surface area contributed by atoms with Crippen molar-refractivity contribution >= 4 is 5.96 Å². The van der Waals surface area contributed by atoms with Crippen LogP contribution in [0.1, 0.15) is 52.5 Å². The molecule has 0 radical (unpaired) electrons. The van der Waals surface area contributed by atoms with E-state index in [0.717, 1.165) is 31.4 Å². The van der Waals surface area contributed by atoms with Crippen molar-refractivity contribution in [2.45, 2.75) is 58.6 Å². The average Bonchev–Trinajstić information content (AvgIpc) is 2.44. The molecule has 1 rings (SSSR count). The van der Waals surface area contributed by atoms with Crippen LogP contribution in [0.2, 0.25) is 0 Å². The summed E-state index contributed by atoms with van der Waals surface area (Å²) in [7, 11) is 0. The molecule has 0 heterocycles. The smallest absolute Gasteiger partial charge is 0.188 e. The quantitative estimate of drug-likeness (QED) is 0.502. The molecule has 0 aliphatic carbocycles. The fraction of sp³-hybridized carbons (Fsp3) is 0.611. The highest BCUT2D eigenvalue weighted by atomic mass is 19.1. The van der Waals surface area contributed by atoms with E-state index in [1.807, 2.05) is 6.92 Å². The van der Waals surface area contributed by atoms with E-state index in [4.69, 9.17) is 5.73 Å². The fourth-order valence-electron chi connectivity index (χ4n) is 2.45. The number of guanidine groups is 1. The van der Waals surface area contributed by atoms with E-state index in [1.54, 1.807) is 0 Å². The van der Waals surface area contributed by atoms with Gasteiger partial charge in [0.15, 0.2) is 5.96 Å². The first-order valence-corrected chi connectivity index (χ1v) is 8.36. The standard InChI is InChI=1S/C18H29F2N3O/c1-12(2)6-5-7-13(3)23-17(21)22-11-18(4,24)15-9-8-14(19)10-16(15)20/h8-10,12-13,24H,5-7,11H2,1-4H3,(H3,21,22,23). The Balaban J connectivity index is 2.59. The lowest BCUT2D eigenvalue weighted by atomic mass is 9.95. The molecule has 0 aromatic heterocycles. The summed E-state index contributed by atoms with van der Waals surface area (Å²) in [4.78, 5) is 4.09. The second kappa shape index (κ2) is 8.97. The normalized spacial score (nSPS) is 16.1. The van der Waals surface area contributed by atoms with Crippen LogP contribution in [0.4, 0.5) is 8.78 Å². The van der Waals surface area contributed by atoms with E-state index in [9.17, 15) is 13.9 Å². The molecule has 4 N–H and O–H groups in total. The van der Waals surface area contributed by atoms with Crippen LogP contribution < -0.4 is 11.1 Å². The maximum atomic E-state index is 13.8. The third-order valence-electron chi connectivity index (χ3n) is 3.88. The molecule has 0 aliphatic rings. The number of aliphatic imine (C=N–C) groups is 1. The Bertz CT molecular complexity index is 559. The molecule has 0 fully saturated rings. The molecule has 136 valence electrons. The first kappa shape index (κ1) is 20.4. The summed E-state index contributed by atoms with van der Waals surface area (Å²) in [5, 5.41) is 13.5. The van der Waals surface area contributed by atoms with Crippen molar-refractivity contribution in [1.29, 1.82) is 0 Å². The Morgan fingerprint density at radius 2 is 1.96 bits per heavy atom. The minimum Gasteiger partial charge on any atom is -0.383 e. The minimum absolute atomic E-state index is 0.00886. The van der Waals surface area contributed by atoms with E-state index in [2.05, 4.69) is 24.2 Å². The molecule has 0 amide bonds. The van der Waals surface area contributed by atoms with Gasteiger partial charge in [-0.15, -0.1) is 0 Å². The maximum Gasteiger partial charge on any atom is 0.188 e. The Morgan fingerprint density at radius 3 is 2.54 bits per heavy atom. The third kappa shape index (κ3) is 6.83. The van der Waals surface area contributed by atoms with Crippen LogP contribution in [0.15, 0.2) is 23.2 Å². The highest BCUT2D eigenvalue weighted by molar-refractivity contribution is 5.78. The second-order valence-electron chi connectivity index (χ2n) is 6.97. The van der Waals surface area contributed by atoms with Gasteiger partial charge in [-0.1, -0.05) is 32.8 Å². The molecule has 0 aliphatic heterocycles. The van der Waals surface area contributed by atoms with Gasteiger partial charge >= 0.3 is 0 Å². The molecule has 1 aromatic rings. The van der Waals surface area contributed by atoms with Crippen molar-refractivity contribution in [3.8, 4) is 0 Å². The predicted octanol–water partition coefficient (Wildman–Crippen LogP) is 3.29. The number of hydrogen-bond donors (Lipinski definition) is 3. The molecular weight excluding hydrogens is 312 g/mol.